The van der Waals surface area contributed by atoms with Crippen LogP contribution in [0.15, 0.2) is 30.3 Å². The van der Waals surface area contributed by atoms with E-state index in [2.05, 4.69) is 15.1 Å². The van der Waals surface area contributed by atoms with Crippen LogP contribution in [-0.4, -0.2) is 48.2 Å². The van der Waals surface area contributed by atoms with Gasteiger partial charge in [0.25, 0.3) is 0 Å². The van der Waals surface area contributed by atoms with Crippen molar-refractivity contribution in [3.05, 3.63) is 30.3 Å². The van der Waals surface area contributed by atoms with Crippen molar-refractivity contribution in [2.45, 2.75) is 0 Å². The zero-order valence-corrected chi connectivity index (χ0v) is 11.9. The zero-order valence-electron chi connectivity index (χ0n) is 11.1. The third kappa shape index (κ3) is 2.98. The summed E-state index contributed by atoms with van der Waals surface area (Å²) >= 11 is 1.58. The van der Waals surface area contributed by atoms with Gasteiger partial charge < -0.3 is 14.7 Å². The summed E-state index contributed by atoms with van der Waals surface area (Å²) in [5.41, 5.74) is 1.08. The normalized spacial score (nSPS) is 19.9. The standard InChI is InChI=1S/C14H17N3O2S/c18-9-11-8-17(6-7-19-10-11)14-16-15-13(20-14)12-4-2-1-3-5-12/h1-5,11,18H,6-10H2/t11-/m1/s1. The van der Waals surface area contributed by atoms with Crippen molar-refractivity contribution in [3.8, 4) is 10.6 Å². The van der Waals surface area contributed by atoms with E-state index < -0.39 is 0 Å². The molecule has 0 spiro atoms. The molecule has 5 nitrogen and oxygen atoms in total. The van der Waals surface area contributed by atoms with Crippen LogP contribution in [0.2, 0.25) is 0 Å². The second-order valence-corrected chi connectivity index (χ2v) is 5.78. The Morgan fingerprint density at radius 2 is 2.15 bits per heavy atom. The summed E-state index contributed by atoms with van der Waals surface area (Å²) in [5, 5.41) is 19.7. The number of hydrogen-bond acceptors (Lipinski definition) is 6. The van der Waals surface area contributed by atoms with Crippen molar-refractivity contribution in [1.29, 1.82) is 0 Å². The molecule has 2 aromatic rings. The lowest BCUT2D eigenvalue weighted by molar-refractivity contribution is 0.0959. The number of benzene rings is 1. The largest absolute Gasteiger partial charge is 0.396 e. The van der Waals surface area contributed by atoms with Crippen molar-refractivity contribution in [2.75, 3.05) is 37.8 Å². The molecular weight excluding hydrogens is 274 g/mol. The minimum atomic E-state index is 0.140. The first-order valence-corrected chi connectivity index (χ1v) is 7.51. The van der Waals surface area contributed by atoms with Crippen LogP contribution in [0.25, 0.3) is 10.6 Å². The average molecular weight is 291 g/mol. The molecule has 1 atom stereocenters. The maximum Gasteiger partial charge on any atom is 0.208 e. The van der Waals surface area contributed by atoms with Crippen molar-refractivity contribution in [1.82, 2.24) is 10.2 Å². The fraction of sp³-hybridized carbons (Fsp3) is 0.429. The molecule has 20 heavy (non-hydrogen) atoms. The maximum absolute atomic E-state index is 9.32. The summed E-state index contributed by atoms with van der Waals surface area (Å²) in [6.45, 7) is 2.97. The molecule has 1 aromatic carbocycles. The van der Waals surface area contributed by atoms with E-state index in [0.717, 1.165) is 28.8 Å². The second kappa shape index (κ2) is 6.30. The monoisotopic (exact) mass is 291 g/mol. The van der Waals surface area contributed by atoms with Gasteiger partial charge in [-0.15, -0.1) is 10.2 Å². The molecule has 0 bridgehead atoms. The van der Waals surface area contributed by atoms with Gasteiger partial charge in [0.1, 0.15) is 5.01 Å². The summed E-state index contributed by atoms with van der Waals surface area (Å²) in [5.74, 6) is 0.140. The molecule has 1 saturated heterocycles. The number of ether oxygens (including phenoxy) is 1. The Balaban J connectivity index is 1.79. The first-order valence-electron chi connectivity index (χ1n) is 6.69. The van der Waals surface area contributed by atoms with Gasteiger partial charge in [0.05, 0.1) is 13.2 Å². The summed E-state index contributed by atoms with van der Waals surface area (Å²) in [4.78, 5) is 2.15. The van der Waals surface area contributed by atoms with Gasteiger partial charge >= 0.3 is 0 Å². The van der Waals surface area contributed by atoms with Gasteiger partial charge in [0.15, 0.2) is 0 Å². The number of aliphatic hydroxyl groups is 1. The number of nitrogens with zero attached hydrogens (tertiary/aromatic N) is 3. The molecule has 2 heterocycles. The topological polar surface area (TPSA) is 58.5 Å². The highest BCUT2D eigenvalue weighted by molar-refractivity contribution is 7.18. The third-order valence-corrected chi connectivity index (χ3v) is 4.33. The van der Waals surface area contributed by atoms with Gasteiger partial charge in [-0.3, -0.25) is 0 Å². The molecule has 1 fully saturated rings. The highest BCUT2D eigenvalue weighted by Crippen LogP contribution is 2.29. The third-order valence-electron chi connectivity index (χ3n) is 3.30. The lowest BCUT2D eigenvalue weighted by Crippen LogP contribution is -2.31. The van der Waals surface area contributed by atoms with Crippen LogP contribution in [0.3, 0.4) is 0 Å². The first kappa shape index (κ1) is 13.5. The summed E-state index contributed by atoms with van der Waals surface area (Å²) in [6.07, 6.45) is 0. The highest BCUT2D eigenvalue weighted by Gasteiger charge is 2.21. The maximum atomic E-state index is 9.32. The smallest absolute Gasteiger partial charge is 0.208 e. The average Bonchev–Trinajstić information content (AvgIpc) is 2.87. The Labute approximate surface area is 121 Å². The molecule has 1 aliphatic rings. The molecule has 3 rings (SSSR count). The van der Waals surface area contributed by atoms with Crippen LogP contribution in [0.4, 0.5) is 5.13 Å². The predicted octanol–water partition coefficient (Wildman–Crippen LogP) is 1.65. The highest BCUT2D eigenvalue weighted by atomic mass is 32.1. The predicted molar refractivity (Wildman–Crippen MR) is 79.0 cm³/mol. The van der Waals surface area contributed by atoms with E-state index in [4.69, 9.17) is 4.74 Å². The van der Waals surface area contributed by atoms with E-state index in [1.807, 2.05) is 30.3 Å². The summed E-state index contributed by atoms with van der Waals surface area (Å²) in [7, 11) is 0. The zero-order chi connectivity index (χ0) is 13.8. The molecule has 0 saturated carbocycles. The second-order valence-electron chi connectivity index (χ2n) is 4.83. The number of aromatic nitrogens is 2. The molecule has 0 unspecified atom stereocenters. The Kier molecular flexibility index (Phi) is 4.25. The summed E-state index contributed by atoms with van der Waals surface area (Å²) < 4.78 is 5.50. The fourth-order valence-corrected chi connectivity index (χ4v) is 3.09. The van der Waals surface area contributed by atoms with Gasteiger partial charge in [-0.05, 0) is 0 Å². The van der Waals surface area contributed by atoms with Crippen molar-refractivity contribution in [3.63, 3.8) is 0 Å². The van der Waals surface area contributed by atoms with Crippen LogP contribution in [0.1, 0.15) is 0 Å². The number of hydrogen-bond donors (Lipinski definition) is 1. The summed E-state index contributed by atoms with van der Waals surface area (Å²) in [6, 6.07) is 10.1. The van der Waals surface area contributed by atoms with Crippen molar-refractivity contribution < 1.29 is 9.84 Å². The van der Waals surface area contributed by atoms with Crippen molar-refractivity contribution in [2.24, 2.45) is 5.92 Å². The number of rotatable bonds is 3. The first-order chi connectivity index (χ1) is 9.86. The Bertz CT molecular complexity index is 546. The van der Waals surface area contributed by atoms with E-state index in [1.54, 1.807) is 11.3 Å². The van der Waals surface area contributed by atoms with Gasteiger partial charge in [-0.2, -0.15) is 0 Å². The molecular formula is C14H17N3O2S. The quantitative estimate of drug-likeness (QED) is 0.932. The Hall–Kier alpha value is -1.50. The number of aliphatic hydroxyl groups excluding tert-OH is 1. The van der Waals surface area contributed by atoms with Crippen LogP contribution in [0.5, 0.6) is 0 Å². The van der Waals surface area contributed by atoms with Crippen molar-refractivity contribution >= 4 is 16.5 Å². The SMILES string of the molecule is OC[C@@H]1COCCN(c2nnc(-c3ccccc3)s2)C1. The van der Waals surface area contributed by atoms with Gasteiger partial charge in [-0.1, -0.05) is 41.7 Å². The molecule has 0 amide bonds. The lowest BCUT2D eigenvalue weighted by atomic mass is 10.2. The number of anilines is 1. The molecule has 1 aromatic heterocycles. The minimum Gasteiger partial charge on any atom is -0.396 e. The van der Waals surface area contributed by atoms with Gasteiger partial charge in [-0.25, -0.2) is 0 Å². The molecule has 1 N–H and O–H groups in total. The van der Waals surface area contributed by atoms with Gasteiger partial charge in [0.2, 0.25) is 5.13 Å². The fourth-order valence-electron chi connectivity index (χ4n) is 2.21. The molecule has 0 radical (unpaired) electrons. The van der Waals surface area contributed by atoms with Crippen LogP contribution >= 0.6 is 11.3 Å². The minimum absolute atomic E-state index is 0.140. The Morgan fingerprint density at radius 3 is 2.95 bits per heavy atom. The molecule has 6 heteroatoms. The molecule has 106 valence electrons. The lowest BCUT2D eigenvalue weighted by Gasteiger charge is -2.20. The van der Waals surface area contributed by atoms with Gasteiger partial charge in [0, 0.05) is 31.2 Å². The van der Waals surface area contributed by atoms with E-state index >= 15 is 0 Å². The molecule has 0 aliphatic carbocycles. The van der Waals surface area contributed by atoms with Crippen LogP contribution in [-0.2, 0) is 4.74 Å². The van der Waals surface area contributed by atoms with Crippen LogP contribution in [0, 0.1) is 5.92 Å². The Morgan fingerprint density at radius 1 is 1.30 bits per heavy atom. The van der Waals surface area contributed by atoms with E-state index in [9.17, 15) is 5.11 Å². The van der Waals surface area contributed by atoms with Crippen LogP contribution < -0.4 is 4.90 Å². The van der Waals surface area contributed by atoms with E-state index in [0.29, 0.717) is 13.2 Å². The van der Waals surface area contributed by atoms with E-state index in [-0.39, 0.29) is 12.5 Å². The molecule has 1 aliphatic heterocycles. The van der Waals surface area contributed by atoms with E-state index in [1.165, 1.54) is 0 Å².